The molecule has 0 aliphatic heterocycles. The summed E-state index contributed by atoms with van der Waals surface area (Å²) in [6, 6.07) is 0. The molecule has 1 aliphatic rings. The second-order valence-corrected chi connectivity index (χ2v) is 5.05. The number of rotatable bonds is 7. The van der Waals surface area contributed by atoms with Gasteiger partial charge in [0.05, 0.1) is 0 Å². The Labute approximate surface area is 108 Å². The summed E-state index contributed by atoms with van der Waals surface area (Å²) in [4.78, 5) is 18.5. The van der Waals surface area contributed by atoms with Crippen LogP contribution in [0.4, 0.5) is 0 Å². The maximum Gasteiger partial charge on any atom is 0.293 e. The summed E-state index contributed by atoms with van der Waals surface area (Å²) in [5.41, 5.74) is 0. The monoisotopic (exact) mass is 250 g/mol. The van der Waals surface area contributed by atoms with Crippen LogP contribution >= 0.6 is 0 Å². The normalized spacial score (nSPS) is 14.8. The quantitative estimate of drug-likeness (QED) is 0.805. The number of carbonyl (C=O) groups excluding carboxylic acids is 1. The molecule has 1 aliphatic carbocycles. The predicted molar refractivity (Wildman–Crippen MR) is 69.3 cm³/mol. The number of aryl methyl sites for hydroxylation is 1. The van der Waals surface area contributed by atoms with Gasteiger partial charge in [-0.3, -0.25) is 9.89 Å². The largest absolute Gasteiger partial charge is 0.336 e. The van der Waals surface area contributed by atoms with Crippen LogP contribution in [0.1, 0.15) is 56.0 Å². The van der Waals surface area contributed by atoms with E-state index < -0.39 is 0 Å². The van der Waals surface area contributed by atoms with Crippen molar-refractivity contribution in [3.05, 3.63) is 11.6 Å². The SMILES string of the molecule is CCCc1nc(C(=O)N(CCC)CC2CC2)n[nH]1. The Kier molecular flexibility index (Phi) is 4.33. The van der Waals surface area contributed by atoms with Gasteiger partial charge < -0.3 is 4.90 Å². The zero-order chi connectivity index (χ0) is 13.0. The van der Waals surface area contributed by atoms with Crippen molar-refractivity contribution < 1.29 is 4.79 Å². The number of amides is 1. The highest BCUT2D eigenvalue weighted by molar-refractivity contribution is 5.90. The Balaban J connectivity index is 2.00. The van der Waals surface area contributed by atoms with E-state index in [4.69, 9.17) is 0 Å². The summed E-state index contributed by atoms with van der Waals surface area (Å²) < 4.78 is 0. The number of aromatic amines is 1. The molecule has 0 atom stereocenters. The molecular formula is C13H22N4O. The summed E-state index contributed by atoms with van der Waals surface area (Å²) in [5, 5.41) is 6.88. The Morgan fingerprint density at radius 3 is 2.78 bits per heavy atom. The summed E-state index contributed by atoms with van der Waals surface area (Å²) in [6.07, 6.45) is 5.33. The van der Waals surface area contributed by atoms with E-state index in [0.717, 1.165) is 38.2 Å². The highest BCUT2D eigenvalue weighted by Gasteiger charge is 2.28. The Morgan fingerprint density at radius 2 is 2.17 bits per heavy atom. The van der Waals surface area contributed by atoms with Gasteiger partial charge in [0.2, 0.25) is 5.82 Å². The van der Waals surface area contributed by atoms with Crippen LogP contribution in [0.2, 0.25) is 0 Å². The van der Waals surface area contributed by atoms with Gasteiger partial charge in [-0.05, 0) is 31.6 Å². The van der Waals surface area contributed by atoms with Gasteiger partial charge in [0.25, 0.3) is 5.91 Å². The number of H-pyrrole nitrogens is 1. The topological polar surface area (TPSA) is 61.9 Å². The third-order valence-electron chi connectivity index (χ3n) is 3.17. The number of hydrogen-bond acceptors (Lipinski definition) is 3. The molecule has 5 heteroatoms. The zero-order valence-electron chi connectivity index (χ0n) is 11.3. The van der Waals surface area contributed by atoms with Crippen molar-refractivity contribution in [2.75, 3.05) is 13.1 Å². The highest BCUT2D eigenvalue weighted by Crippen LogP contribution is 2.30. The second-order valence-electron chi connectivity index (χ2n) is 5.05. The Bertz CT molecular complexity index is 397. The average Bonchev–Trinajstić information content (AvgIpc) is 3.05. The van der Waals surface area contributed by atoms with Crippen molar-refractivity contribution in [1.29, 1.82) is 0 Å². The fourth-order valence-electron chi connectivity index (χ4n) is 2.04. The van der Waals surface area contributed by atoms with Crippen LogP contribution in [-0.2, 0) is 6.42 Å². The lowest BCUT2D eigenvalue weighted by Gasteiger charge is -2.20. The lowest BCUT2D eigenvalue weighted by atomic mass is 10.3. The van der Waals surface area contributed by atoms with Gasteiger partial charge in [-0.15, -0.1) is 5.10 Å². The average molecular weight is 250 g/mol. The number of hydrogen-bond donors (Lipinski definition) is 1. The zero-order valence-corrected chi connectivity index (χ0v) is 11.3. The molecule has 2 rings (SSSR count). The van der Waals surface area contributed by atoms with Crippen molar-refractivity contribution in [2.45, 2.75) is 46.0 Å². The molecule has 0 unspecified atom stereocenters. The van der Waals surface area contributed by atoms with E-state index >= 15 is 0 Å². The molecule has 1 amide bonds. The van der Waals surface area contributed by atoms with E-state index in [2.05, 4.69) is 29.0 Å². The first-order chi connectivity index (χ1) is 8.74. The van der Waals surface area contributed by atoms with Crippen molar-refractivity contribution in [2.24, 2.45) is 5.92 Å². The van der Waals surface area contributed by atoms with Crippen molar-refractivity contribution in [3.63, 3.8) is 0 Å². The summed E-state index contributed by atoms with van der Waals surface area (Å²) in [5.74, 6) is 1.81. The molecule has 1 saturated carbocycles. The van der Waals surface area contributed by atoms with E-state index in [0.29, 0.717) is 11.7 Å². The van der Waals surface area contributed by atoms with Crippen LogP contribution in [0.5, 0.6) is 0 Å². The molecule has 1 heterocycles. The van der Waals surface area contributed by atoms with Gasteiger partial charge >= 0.3 is 0 Å². The van der Waals surface area contributed by atoms with E-state index in [9.17, 15) is 4.79 Å². The second kappa shape index (κ2) is 5.98. The highest BCUT2D eigenvalue weighted by atomic mass is 16.2. The molecule has 0 bridgehead atoms. The van der Waals surface area contributed by atoms with E-state index in [1.165, 1.54) is 12.8 Å². The number of carbonyl (C=O) groups is 1. The third kappa shape index (κ3) is 3.31. The molecule has 0 spiro atoms. The first-order valence-corrected chi connectivity index (χ1v) is 6.95. The van der Waals surface area contributed by atoms with Gasteiger partial charge in [0, 0.05) is 19.5 Å². The van der Waals surface area contributed by atoms with Gasteiger partial charge in [-0.1, -0.05) is 13.8 Å². The molecular weight excluding hydrogens is 228 g/mol. The minimum atomic E-state index is -0.0256. The summed E-state index contributed by atoms with van der Waals surface area (Å²) >= 11 is 0. The van der Waals surface area contributed by atoms with Crippen molar-refractivity contribution >= 4 is 5.91 Å². The lowest BCUT2D eigenvalue weighted by Crippen LogP contribution is -2.34. The molecule has 100 valence electrons. The summed E-state index contributed by atoms with van der Waals surface area (Å²) in [7, 11) is 0. The minimum Gasteiger partial charge on any atom is -0.336 e. The third-order valence-corrected chi connectivity index (χ3v) is 3.17. The van der Waals surface area contributed by atoms with Gasteiger partial charge in [0.1, 0.15) is 5.82 Å². The summed E-state index contributed by atoms with van der Waals surface area (Å²) in [6.45, 7) is 5.84. The van der Waals surface area contributed by atoms with Crippen LogP contribution in [0.15, 0.2) is 0 Å². The number of nitrogens with one attached hydrogen (secondary N) is 1. The van der Waals surface area contributed by atoms with Crippen molar-refractivity contribution in [1.82, 2.24) is 20.1 Å². The molecule has 1 aromatic rings. The van der Waals surface area contributed by atoms with Crippen molar-refractivity contribution in [3.8, 4) is 0 Å². The molecule has 0 radical (unpaired) electrons. The van der Waals surface area contributed by atoms with E-state index in [1.54, 1.807) is 0 Å². The Hall–Kier alpha value is -1.39. The Morgan fingerprint density at radius 1 is 1.39 bits per heavy atom. The smallest absolute Gasteiger partial charge is 0.293 e. The van der Waals surface area contributed by atoms with E-state index in [-0.39, 0.29) is 5.91 Å². The van der Waals surface area contributed by atoms with Crippen LogP contribution in [0.3, 0.4) is 0 Å². The molecule has 1 aromatic heterocycles. The molecule has 1 fully saturated rings. The van der Waals surface area contributed by atoms with E-state index in [1.807, 2.05) is 4.90 Å². The maximum absolute atomic E-state index is 12.3. The first kappa shape index (κ1) is 13.1. The molecule has 0 saturated heterocycles. The lowest BCUT2D eigenvalue weighted by molar-refractivity contribution is 0.0736. The van der Waals surface area contributed by atoms with Gasteiger partial charge in [-0.25, -0.2) is 4.98 Å². The molecule has 18 heavy (non-hydrogen) atoms. The number of aromatic nitrogens is 3. The standard InChI is InChI=1S/C13H22N4O/c1-3-5-11-14-12(16-15-11)13(18)17(8-4-2)9-10-6-7-10/h10H,3-9H2,1-2H3,(H,14,15,16). The molecule has 5 nitrogen and oxygen atoms in total. The van der Waals surface area contributed by atoms with Crippen LogP contribution < -0.4 is 0 Å². The predicted octanol–water partition coefficient (Wildman–Crippen LogP) is 2.02. The van der Waals surface area contributed by atoms with Crippen LogP contribution in [0.25, 0.3) is 0 Å². The maximum atomic E-state index is 12.3. The fraction of sp³-hybridized carbons (Fsp3) is 0.769. The first-order valence-electron chi connectivity index (χ1n) is 6.95. The molecule has 1 N–H and O–H groups in total. The number of nitrogens with zero attached hydrogens (tertiary/aromatic N) is 3. The molecule has 0 aromatic carbocycles. The van der Waals surface area contributed by atoms with Gasteiger partial charge in [-0.2, -0.15) is 0 Å². The van der Waals surface area contributed by atoms with Crippen LogP contribution in [0, 0.1) is 5.92 Å². The van der Waals surface area contributed by atoms with Gasteiger partial charge in [0.15, 0.2) is 0 Å². The fourth-order valence-corrected chi connectivity index (χ4v) is 2.04. The minimum absolute atomic E-state index is 0.0256. The van der Waals surface area contributed by atoms with Crippen LogP contribution in [-0.4, -0.2) is 39.1 Å².